The number of primary amides is 1. The highest BCUT2D eigenvalue weighted by Crippen LogP contribution is 2.03. The molecule has 0 fully saturated rings. The molecule has 4 nitrogen and oxygen atoms in total. The molecule has 2 aromatic rings. The number of hydrogen-bond donors (Lipinski definition) is 2. The standard InChI is InChI=1S/C18H16N2O2/c1-13-4-2-6-16(12-13)18(22)20-11-3-5-14-7-9-15(10-8-14)17(19)21/h2,4,6-10,12H,11H2,1H3,(H2,19,21)(H,20,22). The lowest BCUT2D eigenvalue weighted by atomic mass is 10.1. The van der Waals surface area contributed by atoms with Crippen LogP contribution < -0.4 is 11.1 Å². The van der Waals surface area contributed by atoms with Gasteiger partial charge in [0.05, 0.1) is 6.54 Å². The van der Waals surface area contributed by atoms with Crippen LogP contribution in [-0.2, 0) is 0 Å². The summed E-state index contributed by atoms with van der Waals surface area (Å²) in [5.74, 6) is 5.16. The molecule has 0 aliphatic rings. The van der Waals surface area contributed by atoms with Crippen LogP contribution in [0.3, 0.4) is 0 Å². The van der Waals surface area contributed by atoms with E-state index in [2.05, 4.69) is 17.2 Å². The van der Waals surface area contributed by atoms with Gasteiger partial charge in [0.1, 0.15) is 0 Å². The molecular weight excluding hydrogens is 276 g/mol. The third-order valence-corrected chi connectivity index (χ3v) is 3.02. The lowest BCUT2D eigenvalue weighted by molar-refractivity contribution is 0.0957. The molecule has 0 saturated heterocycles. The van der Waals surface area contributed by atoms with Gasteiger partial charge in [0, 0.05) is 16.7 Å². The Morgan fingerprint density at radius 2 is 1.82 bits per heavy atom. The average molecular weight is 292 g/mol. The Labute approximate surface area is 129 Å². The van der Waals surface area contributed by atoms with Gasteiger partial charge < -0.3 is 11.1 Å². The van der Waals surface area contributed by atoms with Gasteiger partial charge in [0.25, 0.3) is 5.91 Å². The van der Waals surface area contributed by atoms with Crippen LogP contribution in [-0.4, -0.2) is 18.4 Å². The predicted octanol–water partition coefficient (Wildman–Crippen LogP) is 1.88. The Morgan fingerprint density at radius 1 is 1.09 bits per heavy atom. The predicted molar refractivity (Wildman–Crippen MR) is 85.4 cm³/mol. The number of rotatable bonds is 3. The zero-order valence-electron chi connectivity index (χ0n) is 12.2. The van der Waals surface area contributed by atoms with Crippen molar-refractivity contribution in [3.63, 3.8) is 0 Å². The molecule has 0 bridgehead atoms. The van der Waals surface area contributed by atoms with Crippen molar-refractivity contribution in [1.82, 2.24) is 5.32 Å². The molecule has 0 aliphatic heterocycles. The third-order valence-electron chi connectivity index (χ3n) is 3.02. The van der Waals surface area contributed by atoms with Gasteiger partial charge in [-0.2, -0.15) is 0 Å². The molecule has 0 atom stereocenters. The molecule has 110 valence electrons. The molecule has 3 N–H and O–H groups in total. The highest BCUT2D eigenvalue weighted by Gasteiger charge is 2.03. The van der Waals surface area contributed by atoms with Crippen LogP contribution in [0.1, 0.15) is 31.8 Å². The Kier molecular flexibility index (Phi) is 4.94. The first kappa shape index (κ1) is 15.3. The van der Waals surface area contributed by atoms with Gasteiger partial charge in [-0.3, -0.25) is 9.59 Å². The van der Waals surface area contributed by atoms with Gasteiger partial charge in [0.15, 0.2) is 0 Å². The summed E-state index contributed by atoms with van der Waals surface area (Å²) in [7, 11) is 0. The SMILES string of the molecule is Cc1cccc(C(=O)NCC#Cc2ccc(C(N)=O)cc2)c1. The molecule has 0 spiro atoms. The number of aryl methyl sites for hydroxylation is 1. The van der Waals surface area contributed by atoms with Crippen LogP contribution in [0.15, 0.2) is 48.5 Å². The molecule has 0 aliphatic carbocycles. The van der Waals surface area contributed by atoms with Gasteiger partial charge in [-0.25, -0.2) is 0 Å². The Hall–Kier alpha value is -3.06. The van der Waals surface area contributed by atoms with Crippen LogP contribution in [0, 0.1) is 18.8 Å². The first-order valence-corrected chi connectivity index (χ1v) is 6.80. The maximum atomic E-state index is 11.9. The zero-order chi connectivity index (χ0) is 15.9. The normalized spacial score (nSPS) is 9.50. The van der Waals surface area contributed by atoms with E-state index in [-0.39, 0.29) is 12.5 Å². The topological polar surface area (TPSA) is 72.2 Å². The smallest absolute Gasteiger partial charge is 0.252 e. The van der Waals surface area contributed by atoms with Gasteiger partial charge in [-0.15, -0.1) is 0 Å². The van der Waals surface area contributed by atoms with E-state index in [1.165, 1.54) is 0 Å². The first-order valence-electron chi connectivity index (χ1n) is 6.80. The van der Waals surface area contributed by atoms with E-state index in [0.717, 1.165) is 11.1 Å². The molecule has 2 aromatic carbocycles. The van der Waals surface area contributed by atoms with Crippen molar-refractivity contribution in [3.8, 4) is 11.8 Å². The third kappa shape index (κ3) is 4.22. The summed E-state index contributed by atoms with van der Waals surface area (Å²) < 4.78 is 0. The van der Waals surface area contributed by atoms with Crippen LogP contribution in [0.25, 0.3) is 0 Å². The second-order valence-corrected chi connectivity index (χ2v) is 4.80. The molecule has 0 saturated carbocycles. The molecule has 0 unspecified atom stereocenters. The minimum absolute atomic E-state index is 0.151. The zero-order valence-corrected chi connectivity index (χ0v) is 12.2. The molecular formula is C18H16N2O2. The summed E-state index contributed by atoms with van der Waals surface area (Å²) in [5, 5.41) is 2.74. The van der Waals surface area contributed by atoms with E-state index < -0.39 is 5.91 Å². The lowest BCUT2D eigenvalue weighted by Crippen LogP contribution is -2.23. The molecule has 0 aromatic heterocycles. The fraction of sp³-hybridized carbons (Fsp3) is 0.111. The van der Waals surface area contributed by atoms with Crippen molar-refractivity contribution in [2.75, 3.05) is 6.54 Å². The molecule has 0 heterocycles. The number of benzene rings is 2. The quantitative estimate of drug-likeness (QED) is 0.848. The first-order chi connectivity index (χ1) is 10.6. The van der Waals surface area contributed by atoms with E-state index in [0.29, 0.717) is 11.1 Å². The number of nitrogens with two attached hydrogens (primary N) is 1. The minimum atomic E-state index is -0.468. The fourth-order valence-electron chi connectivity index (χ4n) is 1.88. The van der Waals surface area contributed by atoms with Gasteiger partial charge in [0.2, 0.25) is 5.91 Å². The van der Waals surface area contributed by atoms with E-state index in [4.69, 9.17) is 5.73 Å². The lowest BCUT2D eigenvalue weighted by Gasteiger charge is -2.02. The summed E-state index contributed by atoms with van der Waals surface area (Å²) >= 11 is 0. The summed E-state index contributed by atoms with van der Waals surface area (Å²) in [4.78, 5) is 22.8. The van der Waals surface area contributed by atoms with E-state index in [9.17, 15) is 9.59 Å². The van der Waals surface area contributed by atoms with Crippen LogP contribution in [0.4, 0.5) is 0 Å². The van der Waals surface area contributed by atoms with Crippen molar-refractivity contribution >= 4 is 11.8 Å². The number of hydrogen-bond acceptors (Lipinski definition) is 2. The van der Waals surface area contributed by atoms with Crippen LogP contribution >= 0.6 is 0 Å². The fourth-order valence-corrected chi connectivity index (χ4v) is 1.88. The van der Waals surface area contributed by atoms with E-state index >= 15 is 0 Å². The summed E-state index contributed by atoms with van der Waals surface area (Å²) in [6.45, 7) is 2.19. The van der Waals surface area contributed by atoms with Crippen molar-refractivity contribution < 1.29 is 9.59 Å². The van der Waals surface area contributed by atoms with Gasteiger partial charge >= 0.3 is 0 Å². The van der Waals surface area contributed by atoms with Crippen molar-refractivity contribution in [2.45, 2.75) is 6.92 Å². The van der Waals surface area contributed by atoms with Crippen molar-refractivity contribution in [3.05, 3.63) is 70.8 Å². The Balaban J connectivity index is 1.91. The molecule has 2 rings (SSSR count). The minimum Gasteiger partial charge on any atom is -0.366 e. The highest BCUT2D eigenvalue weighted by molar-refractivity contribution is 5.94. The molecule has 22 heavy (non-hydrogen) atoms. The van der Waals surface area contributed by atoms with Gasteiger partial charge in [-0.1, -0.05) is 29.5 Å². The number of carbonyl (C=O) groups is 2. The van der Waals surface area contributed by atoms with Crippen molar-refractivity contribution in [2.24, 2.45) is 5.73 Å². The second-order valence-electron chi connectivity index (χ2n) is 4.80. The summed E-state index contributed by atoms with van der Waals surface area (Å²) in [5.41, 5.74) is 8.02. The average Bonchev–Trinajstić information content (AvgIpc) is 2.51. The summed E-state index contributed by atoms with van der Waals surface area (Å²) in [6.07, 6.45) is 0. The largest absolute Gasteiger partial charge is 0.366 e. The molecule has 0 radical (unpaired) electrons. The number of carbonyl (C=O) groups excluding carboxylic acids is 2. The van der Waals surface area contributed by atoms with Gasteiger partial charge in [-0.05, 0) is 43.3 Å². The monoisotopic (exact) mass is 292 g/mol. The molecule has 2 amide bonds. The maximum Gasteiger partial charge on any atom is 0.252 e. The van der Waals surface area contributed by atoms with Crippen LogP contribution in [0.2, 0.25) is 0 Å². The number of nitrogens with one attached hydrogen (secondary N) is 1. The van der Waals surface area contributed by atoms with E-state index in [1.807, 2.05) is 25.1 Å². The Morgan fingerprint density at radius 3 is 2.45 bits per heavy atom. The summed E-state index contributed by atoms with van der Waals surface area (Å²) in [6, 6.07) is 14.0. The molecule has 4 heteroatoms. The van der Waals surface area contributed by atoms with E-state index in [1.54, 1.807) is 30.3 Å². The maximum absolute atomic E-state index is 11.9. The highest BCUT2D eigenvalue weighted by atomic mass is 16.2. The van der Waals surface area contributed by atoms with Crippen LogP contribution in [0.5, 0.6) is 0 Å². The van der Waals surface area contributed by atoms with Crippen molar-refractivity contribution in [1.29, 1.82) is 0 Å². The second kappa shape index (κ2) is 7.09. The number of amides is 2. The Bertz CT molecular complexity index is 753.